The molecule has 5 aromatic carbocycles. The summed E-state index contributed by atoms with van der Waals surface area (Å²) in [6.45, 7) is 0. The molecule has 21 heteroatoms. The third-order valence-corrected chi connectivity index (χ3v) is 10.4. The molecule has 0 bridgehead atoms. The molecular weight excluding hydrogens is 904 g/mol. The van der Waals surface area contributed by atoms with Crippen LogP contribution in [0.3, 0.4) is 0 Å². The van der Waals surface area contributed by atoms with Crippen LogP contribution in [-0.2, 0) is 0 Å². The zero-order chi connectivity index (χ0) is 38.1. The zero-order valence-corrected chi connectivity index (χ0v) is 32.4. The topological polar surface area (TPSA) is 139 Å². The van der Waals surface area contributed by atoms with E-state index in [9.17, 15) is 30.3 Å². The van der Waals surface area contributed by atoms with E-state index in [-0.39, 0.29) is 100 Å². The number of hydrogen-bond donors (Lipinski definition) is 0. The van der Waals surface area contributed by atoms with Gasteiger partial charge in [0.1, 0.15) is 21.5 Å². The summed E-state index contributed by atoms with van der Waals surface area (Å²) in [6, 6.07) is 13.3. The molecule has 0 aromatic heterocycles. The van der Waals surface area contributed by atoms with Crippen LogP contribution in [0.25, 0.3) is 22.3 Å². The summed E-state index contributed by atoms with van der Waals surface area (Å²) in [5.74, 6) is 0.209. The molecule has 0 fully saturated rings. The second kappa shape index (κ2) is 17.0. The Kier molecular flexibility index (Phi) is 13.7. The maximum atomic E-state index is 11.5. The van der Waals surface area contributed by atoms with Gasteiger partial charge in [0.05, 0.1) is 49.9 Å². The highest BCUT2D eigenvalue weighted by atomic mass is 35.5. The van der Waals surface area contributed by atoms with Gasteiger partial charge in [0.25, 0.3) is 11.4 Å². The molecule has 0 atom stereocenters. The normalized spacial score (nSPS) is 10.7. The van der Waals surface area contributed by atoms with Gasteiger partial charge in [-0.15, -0.1) is 0 Å². The molecule has 0 unspecified atom stereocenters. The van der Waals surface area contributed by atoms with E-state index in [2.05, 4.69) is 0 Å². The first-order valence-electron chi connectivity index (χ1n) is 13.0. The van der Waals surface area contributed by atoms with E-state index in [4.69, 9.17) is 132 Å². The molecule has 0 aliphatic rings. The molecule has 0 aliphatic carbocycles. The average molecular weight is 914 g/mol. The molecule has 10 nitrogen and oxygen atoms in total. The monoisotopic (exact) mass is 909 g/mol. The van der Waals surface area contributed by atoms with Crippen molar-refractivity contribution < 1.29 is 19.5 Å². The summed E-state index contributed by atoms with van der Waals surface area (Å²) in [4.78, 5) is 31.6. The van der Waals surface area contributed by atoms with Crippen molar-refractivity contribution in [3.63, 3.8) is 0 Å². The van der Waals surface area contributed by atoms with Crippen LogP contribution < -0.4 is 4.74 Å². The molecule has 0 aliphatic heterocycles. The number of halogens is 11. The lowest BCUT2D eigenvalue weighted by Crippen LogP contribution is -1.97. The van der Waals surface area contributed by atoms with Gasteiger partial charge in [0.2, 0.25) is 0 Å². The predicted molar refractivity (Wildman–Crippen MR) is 205 cm³/mol. The first kappa shape index (κ1) is 41.1. The van der Waals surface area contributed by atoms with E-state index in [1.54, 1.807) is 0 Å². The molecule has 5 rings (SSSR count). The highest BCUT2D eigenvalue weighted by molar-refractivity contribution is 6.56. The number of hydrogen-bond acceptors (Lipinski definition) is 7. The van der Waals surface area contributed by atoms with Crippen molar-refractivity contribution in [3.05, 3.63) is 146 Å². The predicted octanol–water partition coefficient (Wildman–Crippen LogP) is 15.4. The Bertz CT molecular complexity index is 2080. The van der Waals surface area contributed by atoms with Gasteiger partial charge < -0.3 is 4.74 Å². The molecule has 51 heavy (non-hydrogen) atoms. The van der Waals surface area contributed by atoms with Gasteiger partial charge in [0, 0.05) is 56.6 Å². The van der Waals surface area contributed by atoms with Gasteiger partial charge in [-0.2, -0.15) is 0 Å². The van der Waals surface area contributed by atoms with E-state index < -0.39 is 20.5 Å². The van der Waals surface area contributed by atoms with E-state index in [1.807, 2.05) is 0 Å². The highest BCUT2D eigenvalue weighted by Crippen LogP contribution is 2.49. The summed E-state index contributed by atoms with van der Waals surface area (Å²) in [5, 5.41) is 33.4. The van der Waals surface area contributed by atoms with Crippen LogP contribution in [0.15, 0.2) is 60.7 Å². The molecule has 0 saturated heterocycles. The zero-order valence-electron chi connectivity index (χ0n) is 24.1. The van der Waals surface area contributed by atoms with E-state index >= 15 is 0 Å². The van der Waals surface area contributed by atoms with E-state index in [0.29, 0.717) is 0 Å². The van der Waals surface area contributed by atoms with Crippen molar-refractivity contribution in [3.8, 4) is 33.8 Å². The minimum absolute atomic E-state index is 0.103. The van der Waals surface area contributed by atoms with Gasteiger partial charge in [-0.25, -0.2) is 0 Å². The van der Waals surface area contributed by atoms with Crippen LogP contribution in [0, 0.1) is 30.3 Å². The molecule has 0 N–H and O–H groups in total. The van der Waals surface area contributed by atoms with Crippen LogP contribution >= 0.6 is 128 Å². The van der Waals surface area contributed by atoms with Gasteiger partial charge in [-0.1, -0.05) is 128 Å². The molecule has 0 radical (unpaired) electrons. The van der Waals surface area contributed by atoms with Gasteiger partial charge in [0.15, 0.2) is 0 Å². The number of rotatable bonds is 7. The minimum atomic E-state index is -0.779. The first-order chi connectivity index (χ1) is 23.8. The largest absolute Gasteiger partial charge is 0.456 e. The van der Waals surface area contributed by atoms with Gasteiger partial charge >= 0.3 is 5.69 Å². The van der Waals surface area contributed by atoms with Crippen LogP contribution in [0.1, 0.15) is 0 Å². The fourth-order valence-corrected chi connectivity index (χ4v) is 7.61. The summed E-state index contributed by atoms with van der Waals surface area (Å²) >= 11 is 65.6. The Morgan fingerprint density at radius 2 is 0.745 bits per heavy atom. The fraction of sp³-hybridized carbons (Fsp3) is 0. The van der Waals surface area contributed by atoms with Crippen LogP contribution in [0.4, 0.5) is 17.1 Å². The molecule has 0 spiro atoms. The van der Waals surface area contributed by atoms with Gasteiger partial charge in [-0.3, -0.25) is 30.3 Å². The van der Waals surface area contributed by atoms with Crippen LogP contribution in [0.2, 0.25) is 55.2 Å². The maximum Gasteiger partial charge on any atom is 0.309 e. The second-order valence-electron chi connectivity index (χ2n) is 9.64. The van der Waals surface area contributed by atoms with Crippen LogP contribution in [-0.4, -0.2) is 14.8 Å². The van der Waals surface area contributed by atoms with Crippen molar-refractivity contribution in [2.45, 2.75) is 0 Å². The van der Waals surface area contributed by atoms with Crippen molar-refractivity contribution >= 4 is 145 Å². The number of non-ortho nitro benzene ring substituents is 2. The maximum absolute atomic E-state index is 11.5. The summed E-state index contributed by atoms with van der Waals surface area (Å²) < 4.78 is 6.15. The molecule has 5 aromatic rings. The fourth-order valence-electron chi connectivity index (χ4n) is 4.30. The lowest BCUT2D eigenvalue weighted by atomic mass is 10.0. The summed E-state index contributed by atoms with van der Waals surface area (Å²) in [6.07, 6.45) is 0. The number of nitrogens with zero attached hydrogens (tertiary/aromatic N) is 3. The van der Waals surface area contributed by atoms with Crippen LogP contribution in [0.5, 0.6) is 11.5 Å². The standard InChI is InChI=1S/C24H10Cl6N2O5.C6Cl5NO2/c25-11-5-17(27)23(18(28)6-11)15-9-13(31(33)34)1-3-21(15)37-22-4-2-14(32(35)36)10-16(22)24-19(29)7-12(26)8-20(24)30;7-1-2(8)4(10)6(12(13)14)5(11)3(1)9/h1-10H;. The van der Waals surface area contributed by atoms with Crippen molar-refractivity contribution in [1.82, 2.24) is 0 Å². The molecule has 0 saturated carbocycles. The Balaban J connectivity index is 0.000000349. The molecular formula is C30H10Cl11N3O7. The first-order valence-corrected chi connectivity index (χ1v) is 17.2. The average Bonchev–Trinajstić information content (AvgIpc) is 3.03. The third kappa shape index (κ3) is 9.09. The van der Waals surface area contributed by atoms with Crippen molar-refractivity contribution in [2.75, 3.05) is 0 Å². The third-order valence-electron chi connectivity index (χ3n) is 6.49. The quantitative estimate of drug-likeness (QED) is 0.0685. The smallest absolute Gasteiger partial charge is 0.309 e. The Hall–Kier alpha value is -2.71. The summed E-state index contributed by atoms with van der Waals surface area (Å²) in [7, 11) is 0. The SMILES string of the molecule is O=[N+]([O-])c1c(Cl)c(Cl)c(Cl)c(Cl)c1Cl.O=[N+]([O-])c1ccc(Oc2ccc([N+](=O)[O-])cc2-c2c(Cl)cc(Cl)cc2Cl)c(-c2c(Cl)cc(Cl)cc2Cl)c1. The molecule has 0 heterocycles. The Labute approximate surface area is 341 Å². The van der Waals surface area contributed by atoms with E-state index in [0.717, 1.165) is 0 Å². The molecule has 264 valence electrons. The summed E-state index contributed by atoms with van der Waals surface area (Å²) in [5.41, 5.74) is -0.228. The number of nitro benzene ring substituents is 3. The number of benzene rings is 5. The highest BCUT2D eigenvalue weighted by Gasteiger charge is 2.27. The second-order valence-corrected chi connectivity index (χ2v) is 14.0. The lowest BCUT2D eigenvalue weighted by Gasteiger charge is -2.17. The Morgan fingerprint density at radius 1 is 0.431 bits per heavy atom. The van der Waals surface area contributed by atoms with Crippen molar-refractivity contribution in [2.24, 2.45) is 0 Å². The van der Waals surface area contributed by atoms with E-state index in [1.165, 1.54) is 60.7 Å². The minimum Gasteiger partial charge on any atom is -0.456 e. The van der Waals surface area contributed by atoms with Crippen molar-refractivity contribution in [1.29, 1.82) is 0 Å². The van der Waals surface area contributed by atoms with Gasteiger partial charge in [-0.05, 0) is 36.4 Å². The Morgan fingerprint density at radius 3 is 1.04 bits per heavy atom. The molecule has 0 amide bonds. The lowest BCUT2D eigenvalue weighted by molar-refractivity contribution is -0.385. The number of nitro groups is 3. The number of ether oxygens (including phenoxy) is 1.